The van der Waals surface area contributed by atoms with Gasteiger partial charge in [0.15, 0.2) is 0 Å². The van der Waals surface area contributed by atoms with Crippen LogP contribution in [0.3, 0.4) is 0 Å². The molecule has 0 fully saturated rings. The van der Waals surface area contributed by atoms with Gasteiger partial charge >= 0.3 is 0 Å². The molecule has 0 aliphatic rings. The van der Waals surface area contributed by atoms with Crippen molar-refractivity contribution in [3.8, 4) is 0 Å². The van der Waals surface area contributed by atoms with Crippen LogP contribution >= 0.6 is 0 Å². The molecule has 1 N–H and O–H groups in total. The fraction of sp³-hybridized carbons (Fsp3) is 0.900. The summed E-state index contributed by atoms with van der Waals surface area (Å²) < 4.78 is 10.6. The molecule has 0 bridgehead atoms. The summed E-state index contributed by atoms with van der Waals surface area (Å²) in [5.41, 5.74) is 1.40. The molecule has 0 aliphatic heterocycles. The predicted molar refractivity (Wildman–Crippen MR) is 98.9 cm³/mol. The largest absolute Gasteiger partial charge is 0.396 e. The highest BCUT2D eigenvalue weighted by atomic mass is 16.5. The van der Waals surface area contributed by atoms with E-state index in [9.17, 15) is 0 Å². The zero-order valence-electron chi connectivity index (χ0n) is 15.7. The first kappa shape index (κ1) is 22.6. The van der Waals surface area contributed by atoms with Crippen LogP contribution in [0.15, 0.2) is 12.2 Å². The lowest BCUT2D eigenvalue weighted by Crippen LogP contribution is -2.10. The number of aliphatic hydroxyl groups is 1. The summed E-state index contributed by atoms with van der Waals surface area (Å²) in [5, 5.41) is 8.90. The van der Waals surface area contributed by atoms with Crippen molar-refractivity contribution in [2.24, 2.45) is 5.92 Å². The van der Waals surface area contributed by atoms with Gasteiger partial charge in [0.05, 0.1) is 6.61 Å². The Morgan fingerprint density at radius 2 is 1.39 bits per heavy atom. The van der Waals surface area contributed by atoms with Crippen molar-refractivity contribution in [3.63, 3.8) is 0 Å². The van der Waals surface area contributed by atoms with E-state index in [1.807, 2.05) is 6.92 Å². The predicted octanol–water partition coefficient (Wildman–Crippen LogP) is 5.13. The van der Waals surface area contributed by atoms with Gasteiger partial charge in [-0.1, -0.05) is 51.2 Å². The van der Waals surface area contributed by atoms with Crippen molar-refractivity contribution >= 4 is 0 Å². The molecule has 3 nitrogen and oxygen atoms in total. The highest BCUT2D eigenvalue weighted by Gasteiger charge is 2.00. The lowest BCUT2D eigenvalue weighted by molar-refractivity contribution is 0.0778. The van der Waals surface area contributed by atoms with Crippen LogP contribution in [0.4, 0.5) is 0 Å². The second-order valence-corrected chi connectivity index (χ2v) is 6.79. The van der Waals surface area contributed by atoms with Crippen LogP contribution in [0.5, 0.6) is 0 Å². The van der Waals surface area contributed by atoms with Crippen molar-refractivity contribution in [1.29, 1.82) is 0 Å². The molecule has 0 saturated heterocycles. The van der Waals surface area contributed by atoms with Crippen LogP contribution in [-0.4, -0.2) is 38.6 Å². The van der Waals surface area contributed by atoms with E-state index < -0.39 is 0 Å². The number of methoxy groups -OCH3 is 1. The number of hydrogen-bond acceptors (Lipinski definition) is 3. The SMILES string of the molecule is C=C(CCCCCCCCCOC)CCCCOCC(C)CO. The fourth-order valence-corrected chi connectivity index (χ4v) is 2.55. The van der Waals surface area contributed by atoms with Crippen molar-refractivity contribution in [2.75, 3.05) is 33.5 Å². The first-order chi connectivity index (χ1) is 11.2. The molecular weight excluding hydrogens is 288 g/mol. The highest BCUT2D eigenvalue weighted by molar-refractivity contribution is 4.93. The number of aliphatic hydroxyl groups excluding tert-OH is 1. The van der Waals surface area contributed by atoms with Crippen LogP contribution in [0.25, 0.3) is 0 Å². The summed E-state index contributed by atoms with van der Waals surface area (Å²) in [4.78, 5) is 0. The minimum absolute atomic E-state index is 0.212. The van der Waals surface area contributed by atoms with E-state index in [0.29, 0.717) is 6.61 Å². The maximum absolute atomic E-state index is 8.90. The summed E-state index contributed by atoms with van der Waals surface area (Å²) in [6, 6.07) is 0. The van der Waals surface area contributed by atoms with Crippen LogP contribution in [0, 0.1) is 5.92 Å². The van der Waals surface area contributed by atoms with Gasteiger partial charge in [0.25, 0.3) is 0 Å². The fourth-order valence-electron chi connectivity index (χ4n) is 2.55. The zero-order chi connectivity index (χ0) is 17.2. The maximum Gasteiger partial charge on any atom is 0.0513 e. The quantitative estimate of drug-likeness (QED) is 0.280. The summed E-state index contributed by atoms with van der Waals surface area (Å²) in [5.74, 6) is 0.255. The number of ether oxygens (including phenoxy) is 2. The van der Waals surface area contributed by atoms with Gasteiger partial charge in [0.1, 0.15) is 0 Å². The Hall–Kier alpha value is -0.380. The second kappa shape index (κ2) is 18.0. The molecule has 1 unspecified atom stereocenters. The van der Waals surface area contributed by atoms with Gasteiger partial charge in [0, 0.05) is 32.8 Å². The van der Waals surface area contributed by atoms with Crippen LogP contribution in [0.2, 0.25) is 0 Å². The molecule has 0 aromatic rings. The summed E-state index contributed by atoms with van der Waals surface area (Å²) in [6.45, 7) is 8.79. The van der Waals surface area contributed by atoms with E-state index in [0.717, 1.165) is 26.1 Å². The Bertz CT molecular complexity index is 253. The van der Waals surface area contributed by atoms with Crippen molar-refractivity contribution in [2.45, 2.75) is 77.6 Å². The van der Waals surface area contributed by atoms with E-state index in [4.69, 9.17) is 14.6 Å². The Balaban J connectivity index is 3.19. The summed E-state index contributed by atoms with van der Waals surface area (Å²) >= 11 is 0. The van der Waals surface area contributed by atoms with Gasteiger partial charge < -0.3 is 14.6 Å². The molecular formula is C20H40O3. The molecule has 0 aromatic heterocycles. The maximum atomic E-state index is 8.90. The standard InChI is InChI=1S/C20H40O3/c1-19(14-10-12-16-23-18-20(2)17-21)13-9-7-5-4-6-8-11-15-22-3/h20-21H,1,4-18H2,2-3H3. The number of hydrogen-bond donors (Lipinski definition) is 1. The summed E-state index contributed by atoms with van der Waals surface area (Å²) in [6.07, 6.45) is 13.8. The third-order valence-corrected chi connectivity index (χ3v) is 4.16. The van der Waals surface area contributed by atoms with E-state index in [1.54, 1.807) is 7.11 Å². The van der Waals surface area contributed by atoms with Crippen LogP contribution < -0.4 is 0 Å². The van der Waals surface area contributed by atoms with Crippen molar-refractivity contribution in [1.82, 2.24) is 0 Å². The van der Waals surface area contributed by atoms with Crippen LogP contribution in [-0.2, 0) is 9.47 Å². The van der Waals surface area contributed by atoms with Crippen molar-refractivity contribution in [3.05, 3.63) is 12.2 Å². The topological polar surface area (TPSA) is 38.7 Å². The first-order valence-corrected chi connectivity index (χ1v) is 9.55. The first-order valence-electron chi connectivity index (χ1n) is 9.55. The van der Waals surface area contributed by atoms with E-state index in [1.165, 1.54) is 63.4 Å². The smallest absolute Gasteiger partial charge is 0.0513 e. The molecule has 0 spiro atoms. The number of allylic oxidation sites excluding steroid dienone is 1. The normalized spacial score (nSPS) is 12.5. The number of unbranched alkanes of at least 4 members (excludes halogenated alkanes) is 7. The van der Waals surface area contributed by atoms with E-state index >= 15 is 0 Å². The monoisotopic (exact) mass is 328 g/mol. The van der Waals surface area contributed by atoms with Gasteiger partial charge in [-0.2, -0.15) is 0 Å². The van der Waals surface area contributed by atoms with Gasteiger partial charge in [-0.25, -0.2) is 0 Å². The third-order valence-electron chi connectivity index (χ3n) is 4.16. The Kier molecular flexibility index (Phi) is 17.7. The third kappa shape index (κ3) is 17.8. The van der Waals surface area contributed by atoms with Gasteiger partial charge in [-0.3, -0.25) is 0 Å². The molecule has 0 aliphatic carbocycles. The average Bonchev–Trinajstić information content (AvgIpc) is 2.56. The van der Waals surface area contributed by atoms with Gasteiger partial charge in [-0.05, 0) is 38.5 Å². The molecule has 0 amide bonds. The number of rotatable bonds is 18. The Morgan fingerprint density at radius 1 is 0.870 bits per heavy atom. The molecule has 0 radical (unpaired) electrons. The molecule has 0 aromatic carbocycles. The highest BCUT2D eigenvalue weighted by Crippen LogP contribution is 2.15. The molecule has 3 heteroatoms. The second-order valence-electron chi connectivity index (χ2n) is 6.79. The molecule has 138 valence electrons. The minimum atomic E-state index is 0.212. The zero-order valence-corrected chi connectivity index (χ0v) is 15.7. The Labute approximate surface area is 144 Å². The van der Waals surface area contributed by atoms with E-state index in [2.05, 4.69) is 6.58 Å². The van der Waals surface area contributed by atoms with Gasteiger partial charge in [-0.15, -0.1) is 0 Å². The van der Waals surface area contributed by atoms with E-state index in [-0.39, 0.29) is 12.5 Å². The minimum Gasteiger partial charge on any atom is -0.396 e. The Morgan fingerprint density at radius 3 is 2.00 bits per heavy atom. The molecule has 0 heterocycles. The lowest BCUT2D eigenvalue weighted by atomic mass is 10.0. The molecule has 23 heavy (non-hydrogen) atoms. The molecule has 0 saturated carbocycles. The van der Waals surface area contributed by atoms with Gasteiger partial charge in [0.2, 0.25) is 0 Å². The van der Waals surface area contributed by atoms with Crippen molar-refractivity contribution < 1.29 is 14.6 Å². The lowest BCUT2D eigenvalue weighted by Gasteiger charge is -2.09. The molecule has 1 atom stereocenters. The summed E-state index contributed by atoms with van der Waals surface area (Å²) in [7, 11) is 1.78. The molecule has 0 rings (SSSR count). The average molecular weight is 329 g/mol. The van der Waals surface area contributed by atoms with Crippen LogP contribution in [0.1, 0.15) is 77.6 Å².